The van der Waals surface area contributed by atoms with Crippen LogP contribution in [0.4, 0.5) is 5.69 Å². The van der Waals surface area contributed by atoms with Crippen LogP contribution in [0, 0.1) is 10.1 Å². The molecule has 0 saturated heterocycles. The summed E-state index contributed by atoms with van der Waals surface area (Å²) in [5.74, 6) is 0.685. The first-order chi connectivity index (χ1) is 11.5. The summed E-state index contributed by atoms with van der Waals surface area (Å²) >= 11 is 6.01. The lowest BCUT2D eigenvalue weighted by Crippen LogP contribution is -2.00. The van der Waals surface area contributed by atoms with Gasteiger partial charge in [-0.1, -0.05) is 18.5 Å². The van der Waals surface area contributed by atoms with Crippen LogP contribution in [0.1, 0.15) is 12.5 Å². The number of rotatable bonds is 4. The van der Waals surface area contributed by atoms with Gasteiger partial charge in [-0.25, -0.2) is 4.79 Å². The quantitative estimate of drug-likeness (QED) is 0.388. The molecule has 0 aliphatic rings. The Morgan fingerprint density at radius 3 is 2.67 bits per heavy atom. The Morgan fingerprint density at radius 1 is 1.21 bits per heavy atom. The number of hydrogen-bond acceptors (Lipinski definition) is 5. The van der Waals surface area contributed by atoms with Crippen molar-refractivity contribution in [2.75, 3.05) is 0 Å². The molecule has 0 fully saturated rings. The Bertz CT molecular complexity index is 996. The van der Waals surface area contributed by atoms with Crippen LogP contribution in [0.15, 0.2) is 51.7 Å². The van der Waals surface area contributed by atoms with Gasteiger partial charge in [-0.15, -0.1) is 0 Å². The minimum atomic E-state index is -0.535. The first kappa shape index (κ1) is 16.0. The summed E-state index contributed by atoms with van der Waals surface area (Å²) in [5.41, 5.74) is 0.755. The molecular formula is C17H12ClNO5. The van der Waals surface area contributed by atoms with E-state index in [-0.39, 0.29) is 16.5 Å². The molecule has 3 aromatic rings. The molecule has 6 nitrogen and oxygen atoms in total. The molecule has 0 radical (unpaired) electrons. The molecule has 0 aliphatic carbocycles. The van der Waals surface area contributed by atoms with E-state index in [0.717, 1.165) is 10.9 Å². The summed E-state index contributed by atoms with van der Waals surface area (Å²) in [6.07, 6.45) is 0.705. The van der Waals surface area contributed by atoms with Crippen molar-refractivity contribution in [2.24, 2.45) is 0 Å². The van der Waals surface area contributed by atoms with E-state index in [4.69, 9.17) is 20.8 Å². The largest absolute Gasteiger partial charge is 0.456 e. The van der Waals surface area contributed by atoms with E-state index < -0.39 is 10.5 Å². The van der Waals surface area contributed by atoms with Crippen LogP contribution < -0.4 is 10.4 Å². The molecule has 1 heterocycles. The smallest absolute Gasteiger partial charge is 0.336 e. The molecule has 0 aliphatic heterocycles. The van der Waals surface area contributed by atoms with Gasteiger partial charge in [0.1, 0.15) is 17.1 Å². The summed E-state index contributed by atoms with van der Waals surface area (Å²) in [7, 11) is 0. The average molecular weight is 346 g/mol. The summed E-state index contributed by atoms with van der Waals surface area (Å²) in [6, 6.07) is 10.5. The van der Waals surface area contributed by atoms with Gasteiger partial charge < -0.3 is 9.15 Å². The first-order valence-corrected chi connectivity index (χ1v) is 7.54. The highest BCUT2D eigenvalue weighted by Crippen LogP contribution is 2.33. The third-order valence-electron chi connectivity index (χ3n) is 3.54. The lowest BCUT2D eigenvalue weighted by Gasteiger charge is -2.09. The number of benzene rings is 2. The van der Waals surface area contributed by atoms with Crippen molar-refractivity contribution in [3.63, 3.8) is 0 Å². The Balaban J connectivity index is 1.99. The SMILES string of the molecule is CCc1cc(=O)oc2cc(Oc3ccc([N+](=O)[O-])cc3Cl)ccc12. The highest BCUT2D eigenvalue weighted by molar-refractivity contribution is 6.32. The second-order valence-electron chi connectivity index (χ2n) is 5.08. The van der Waals surface area contributed by atoms with Crippen LogP contribution in [0.25, 0.3) is 11.0 Å². The molecule has 24 heavy (non-hydrogen) atoms. The molecule has 0 spiro atoms. The zero-order valence-corrected chi connectivity index (χ0v) is 13.4. The number of nitro benzene ring substituents is 1. The molecule has 0 unspecified atom stereocenters. The lowest BCUT2D eigenvalue weighted by molar-refractivity contribution is -0.384. The maximum atomic E-state index is 11.6. The third kappa shape index (κ3) is 3.09. The fourth-order valence-electron chi connectivity index (χ4n) is 2.38. The second kappa shape index (κ2) is 6.33. The molecule has 0 saturated carbocycles. The number of nitrogens with zero attached hydrogens (tertiary/aromatic N) is 1. The lowest BCUT2D eigenvalue weighted by atomic mass is 10.1. The zero-order chi connectivity index (χ0) is 17.3. The van der Waals surface area contributed by atoms with Crippen LogP contribution in [-0.2, 0) is 6.42 Å². The predicted octanol–water partition coefficient (Wildman–Crippen LogP) is 4.71. The van der Waals surface area contributed by atoms with Crippen LogP contribution >= 0.6 is 11.6 Å². The molecule has 0 amide bonds. The van der Waals surface area contributed by atoms with Gasteiger partial charge in [0.15, 0.2) is 0 Å². The van der Waals surface area contributed by atoms with Crippen LogP contribution in [0.5, 0.6) is 11.5 Å². The Hall–Kier alpha value is -2.86. The summed E-state index contributed by atoms with van der Waals surface area (Å²) < 4.78 is 10.9. The van der Waals surface area contributed by atoms with Gasteiger partial charge >= 0.3 is 5.63 Å². The molecule has 1 aromatic heterocycles. The Labute approximate surface area is 141 Å². The minimum Gasteiger partial charge on any atom is -0.456 e. The maximum absolute atomic E-state index is 11.6. The van der Waals surface area contributed by atoms with E-state index in [1.165, 1.54) is 24.3 Å². The zero-order valence-electron chi connectivity index (χ0n) is 12.6. The monoisotopic (exact) mass is 345 g/mol. The third-order valence-corrected chi connectivity index (χ3v) is 3.83. The van der Waals surface area contributed by atoms with Crippen LogP contribution in [0.2, 0.25) is 5.02 Å². The molecular weight excluding hydrogens is 334 g/mol. The Morgan fingerprint density at radius 2 is 2.00 bits per heavy atom. The summed E-state index contributed by atoms with van der Waals surface area (Å²) in [4.78, 5) is 21.8. The molecule has 0 N–H and O–H groups in total. The number of nitro groups is 1. The highest BCUT2D eigenvalue weighted by Gasteiger charge is 2.12. The van der Waals surface area contributed by atoms with E-state index >= 15 is 0 Å². The number of non-ortho nitro benzene ring substituents is 1. The van der Waals surface area contributed by atoms with E-state index in [1.54, 1.807) is 18.2 Å². The van der Waals surface area contributed by atoms with Crippen molar-refractivity contribution in [1.82, 2.24) is 0 Å². The van der Waals surface area contributed by atoms with Gasteiger partial charge in [-0.05, 0) is 30.2 Å². The normalized spacial score (nSPS) is 10.8. The summed E-state index contributed by atoms with van der Waals surface area (Å²) in [5, 5.41) is 11.7. The van der Waals surface area contributed by atoms with Crippen molar-refractivity contribution in [3.05, 3.63) is 73.6 Å². The van der Waals surface area contributed by atoms with Crippen molar-refractivity contribution < 1.29 is 14.1 Å². The van der Waals surface area contributed by atoms with E-state index in [0.29, 0.717) is 17.8 Å². The summed E-state index contributed by atoms with van der Waals surface area (Å²) in [6.45, 7) is 1.95. The topological polar surface area (TPSA) is 82.6 Å². The number of fused-ring (bicyclic) bond motifs is 1. The van der Waals surface area contributed by atoms with Gasteiger partial charge in [0.2, 0.25) is 0 Å². The van der Waals surface area contributed by atoms with Gasteiger partial charge in [-0.2, -0.15) is 0 Å². The molecule has 0 atom stereocenters. The fraction of sp³-hybridized carbons (Fsp3) is 0.118. The second-order valence-corrected chi connectivity index (χ2v) is 5.48. The Kier molecular flexibility index (Phi) is 4.22. The molecule has 2 aromatic carbocycles. The number of hydrogen-bond donors (Lipinski definition) is 0. The average Bonchev–Trinajstić information content (AvgIpc) is 2.55. The van der Waals surface area contributed by atoms with Gasteiger partial charge in [0, 0.05) is 29.7 Å². The van der Waals surface area contributed by atoms with Crippen molar-refractivity contribution in [2.45, 2.75) is 13.3 Å². The standard InChI is InChI=1S/C17H12ClNO5/c1-2-10-7-17(20)24-16-9-12(4-5-13(10)16)23-15-6-3-11(19(21)22)8-14(15)18/h3-9H,2H2,1H3. The minimum absolute atomic E-state index is 0.119. The first-order valence-electron chi connectivity index (χ1n) is 7.16. The number of aryl methyl sites for hydroxylation is 1. The molecule has 3 rings (SSSR count). The van der Waals surface area contributed by atoms with Crippen LogP contribution in [0.3, 0.4) is 0 Å². The molecule has 122 valence electrons. The highest BCUT2D eigenvalue weighted by atomic mass is 35.5. The molecule has 7 heteroatoms. The molecule has 0 bridgehead atoms. The van der Waals surface area contributed by atoms with E-state index in [1.807, 2.05) is 6.92 Å². The number of ether oxygens (including phenoxy) is 1. The van der Waals surface area contributed by atoms with Crippen molar-refractivity contribution in [3.8, 4) is 11.5 Å². The van der Waals surface area contributed by atoms with E-state index in [9.17, 15) is 14.9 Å². The van der Waals surface area contributed by atoms with Gasteiger partial charge in [-0.3, -0.25) is 10.1 Å². The maximum Gasteiger partial charge on any atom is 0.336 e. The predicted molar refractivity (Wildman–Crippen MR) is 90.0 cm³/mol. The van der Waals surface area contributed by atoms with Crippen molar-refractivity contribution in [1.29, 1.82) is 0 Å². The van der Waals surface area contributed by atoms with Gasteiger partial charge in [0.25, 0.3) is 5.69 Å². The fourth-order valence-corrected chi connectivity index (χ4v) is 2.59. The van der Waals surface area contributed by atoms with E-state index in [2.05, 4.69) is 0 Å². The number of halogens is 1. The van der Waals surface area contributed by atoms with Gasteiger partial charge in [0.05, 0.1) is 9.95 Å². The van der Waals surface area contributed by atoms with Crippen molar-refractivity contribution >= 4 is 28.3 Å². The van der Waals surface area contributed by atoms with Crippen LogP contribution in [-0.4, -0.2) is 4.92 Å².